The molecule has 0 aliphatic heterocycles. The van der Waals surface area contributed by atoms with E-state index in [1.54, 1.807) is 31.2 Å². The van der Waals surface area contributed by atoms with E-state index < -0.39 is 0 Å². The maximum Gasteiger partial charge on any atom is 0.136 e. The van der Waals surface area contributed by atoms with Crippen molar-refractivity contribution in [2.45, 2.75) is 17.9 Å². The number of hydrogen-bond acceptors (Lipinski definition) is 2. The topological polar surface area (TPSA) is 12.0 Å². The van der Waals surface area contributed by atoms with Crippen LogP contribution in [0.1, 0.15) is 17.2 Å². The molecule has 0 saturated carbocycles. The van der Waals surface area contributed by atoms with Gasteiger partial charge in [0, 0.05) is 16.7 Å². The summed E-state index contributed by atoms with van der Waals surface area (Å²) in [7, 11) is 1.82. The lowest BCUT2D eigenvalue weighted by Gasteiger charge is -2.17. The van der Waals surface area contributed by atoms with Gasteiger partial charge in [0.1, 0.15) is 11.6 Å². The third-order valence-electron chi connectivity index (χ3n) is 3.19. The molecular weight excluding hydrogens is 276 g/mol. The van der Waals surface area contributed by atoms with E-state index in [1.807, 2.05) is 19.2 Å². The molecule has 1 nitrogen and oxygen atoms in total. The number of aryl methyl sites for hydroxylation is 1. The van der Waals surface area contributed by atoms with Crippen molar-refractivity contribution in [3.63, 3.8) is 0 Å². The van der Waals surface area contributed by atoms with Gasteiger partial charge in [-0.25, -0.2) is 8.78 Å². The quantitative estimate of drug-likeness (QED) is 0.824. The lowest BCUT2D eigenvalue weighted by molar-refractivity contribution is 0.598. The summed E-state index contributed by atoms with van der Waals surface area (Å²) in [5.74, 6) is 0.209. The summed E-state index contributed by atoms with van der Waals surface area (Å²) in [6.07, 6.45) is 0. The maximum atomic E-state index is 13.6. The molecule has 20 heavy (non-hydrogen) atoms. The van der Waals surface area contributed by atoms with Gasteiger partial charge >= 0.3 is 0 Å². The SMILES string of the molecule is CNC(CSc1ccccc1F)c1ccc(C)c(F)c1. The van der Waals surface area contributed by atoms with Crippen molar-refractivity contribution in [1.82, 2.24) is 5.32 Å². The number of halogens is 2. The molecule has 0 amide bonds. The van der Waals surface area contributed by atoms with E-state index in [1.165, 1.54) is 17.8 Å². The Morgan fingerprint density at radius 2 is 1.85 bits per heavy atom. The second-order valence-electron chi connectivity index (χ2n) is 4.59. The molecule has 2 rings (SSSR count). The molecule has 0 aliphatic rings. The summed E-state index contributed by atoms with van der Waals surface area (Å²) >= 11 is 1.42. The molecule has 4 heteroatoms. The van der Waals surface area contributed by atoms with E-state index >= 15 is 0 Å². The monoisotopic (exact) mass is 293 g/mol. The Balaban J connectivity index is 2.09. The van der Waals surface area contributed by atoms with Gasteiger partial charge in [-0.1, -0.05) is 24.3 Å². The van der Waals surface area contributed by atoms with Gasteiger partial charge in [0.2, 0.25) is 0 Å². The van der Waals surface area contributed by atoms with Gasteiger partial charge in [-0.15, -0.1) is 11.8 Å². The summed E-state index contributed by atoms with van der Waals surface area (Å²) < 4.78 is 27.2. The first kappa shape index (κ1) is 15.0. The average molecular weight is 293 g/mol. The lowest BCUT2D eigenvalue weighted by Crippen LogP contribution is -2.19. The Bertz CT molecular complexity index is 586. The van der Waals surface area contributed by atoms with Gasteiger partial charge in [-0.05, 0) is 43.3 Å². The first-order valence-corrected chi connectivity index (χ1v) is 7.41. The van der Waals surface area contributed by atoms with E-state index in [0.29, 0.717) is 16.2 Å². The van der Waals surface area contributed by atoms with Crippen LogP contribution in [0.3, 0.4) is 0 Å². The van der Waals surface area contributed by atoms with E-state index in [0.717, 1.165) is 5.56 Å². The smallest absolute Gasteiger partial charge is 0.136 e. The van der Waals surface area contributed by atoms with Crippen LogP contribution in [-0.2, 0) is 0 Å². The summed E-state index contributed by atoms with van der Waals surface area (Å²) in [6.45, 7) is 1.74. The number of thioether (sulfide) groups is 1. The first-order chi connectivity index (χ1) is 9.61. The zero-order valence-electron chi connectivity index (χ0n) is 11.5. The highest BCUT2D eigenvalue weighted by Crippen LogP contribution is 2.27. The van der Waals surface area contributed by atoms with E-state index in [2.05, 4.69) is 5.32 Å². The molecule has 0 aliphatic carbocycles. The predicted molar refractivity (Wildman–Crippen MR) is 80.1 cm³/mol. The number of benzene rings is 2. The highest BCUT2D eigenvalue weighted by molar-refractivity contribution is 7.99. The van der Waals surface area contributed by atoms with E-state index in [-0.39, 0.29) is 17.7 Å². The molecule has 0 radical (unpaired) electrons. The van der Waals surface area contributed by atoms with Crippen molar-refractivity contribution in [2.24, 2.45) is 0 Å². The fourth-order valence-electron chi connectivity index (χ4n) is 1.91. The molecule has 106 valence electrons. The molecule has 1 unspecified atom stereocenters. The highest BCUT2D eigenvalue weighted by Gasteiger charge is 2.12. The minimum atomic E-state index is -0.220. The summed E-state index contributed by atoms with van der Waals surface area (Å²) in [4.78, 5) is 0.611. The Labute approximate surface area is 122 Å². The van der Waals surface area contributed by atoms with Crippen LogP contribution in [0, 0.1) is 18.6 Å². The summed E-state index contributed by atoms with van der Waals surface area (Å²) in [6, 6.07) is 11.9. The van der Waals surface area contributed by atoms with Crippen molar-refractivity contribution < 1.29 is 8.78 Å². The first-order valence-electron chi connectivity index (χ1n) is 6.42. The van der Waals surface area contributed by atoms with Crippen LogP contribution in [-0.4, -0.2) is 12.8 Å². The Morgan fingerprint density at radius 3 is 2.50 bits per heavy atom. The van der Waals surface area contributed by atoms with Crippen LogP contribution in [0.2, 0.25) is 0 Å². The van der Waals surface area contributed by atoms with Crippen LogP contribution in [0.25, 0.3) is 0 Å². The van der Waals surface area contributed by atoms with Crippen LogP contribution < -0.4 is 5.32 Å². The van der Waals surface area contributed by atoms with Crippen LogP contribution in [0.15, 0.2) is 47.4 Å². The molecule has 0 spiro atoms. The third-order valence-corrected chi connectivity index (χ3v) is 4.33. The normalized spacial score (nSPS) is 12.4. The summed E-state index contributed by atoms with van der Waals surface area (Å²) in [5, 5.41) is 3.14. The molecule has 0 fully saturated rings. The van der Waals surface area contributed by atoms with Crippen LogP contribution in [0.4, 0.5) is 8.78 Å². The number of hydrogen-bond donors (Lipinski definition) is 1. The van der Waals surface area contributed by atoms with Gasteiger partial charge in [0.15, 0.2) is 0 Å². The molecular formula is C16H17F2NS. The van der Waals surface area contributed by atoms with E-state index in [4.69, 9.17) is 0 Å². The van der Waals surface area contributed by atoms with Crippen LogP contribution >= 0.6 is 11.8 Å². The van der Waals surface area contributed by atoms with Crippen molar-refractivity contribution in [1.29, 1.82) is 0 Å². The zero-order chi connectivity index (χ0) is 14.5. The molecule has 2 aromatic carbocycles. The van der Waals surface area contributed by atoms with Gasteiger partial charge in [-0.3, -0.25) is 0 Å². The largest absolute Gasteiger partial charge is 0.312 e. The maximum absolute atomic E-state index is 13.6. The number of rotatable bonds is 5. The molecule has 1 atom stereocenters. The molecule has 0 aromatic heterocycles. The van der Waals surface area contributed by atoms with Gasteiger partial charge in [-0.2, -0.15) is 0 Å². The minimum absolute atomic E-state index is 0.0188. The zero-order valence-corrected chi connectivity index (χ0v) is 12.3. The Hall–Kier alpha value is -1.39. The standard InChI is InChI=1S/C16H17F2NS/c1-11-7-8-12(9-14(11)18)15(19-2)10-20-16-6-4-3-5-13(16)17/h3-9,15,19H,10H2,1-2H3. The fourth-order valence-corrected chi connectivity index (χ4v) is 2.99. The lowest BCUT2D eigenvalue weighted by atomic mass is 10.1. The predicted octanol–water partition coefficient (Wildman–Crippen LogP) is 4.33. The second-order valence-corrected chi connectivity index (χ2v) is 5.65. The molecule has 1 N–H and O–H groups in total. The van der Waals surface area contributed by atoms with Gasteiger partial charge < -0.3 is 5.32 Å². The van der Waals surface area contributed by atoms with Crippen molar-refractivity contribution >= 4 is 11.8 Å². The Kier molecular flexibility index (Phi) is 5.15. The van der Waals surface area contributed by atoms with Crippen molar-refractivity contribution in [3.05, 3.63) is 65.2 Å². The van der Waals surface area contributed by atoms with Crippen LogP contribution in [0.5, 0.6) is 0 Å². The molecule has 0 saturated heterocycles. The van der Waals surface area contributed by atoms with Gasteiger partial charge in [0.05, 0.1) is 0 Å². The third kappa shape index (κ3) is 3.58. The van der Waals surface area contributed by atoms with Crippen molar-refractivity contribution in [2.75, 3.05) is 12.8 Å². The Morgan fingerprint density at radius 1 is 1.10 bits per heavy atom. The molecule has 2 aromatic rings. The second kappa shape index (κ2) is 6.86. The minimum Gasteiger partial charge on any atom is -0.312 e. The number of nitrogens with one attached hydrogen (secondary N) is 1. The average Bonchev–Trinajstić information content (AvgIpc) is 2.45. The fraction of sp³-hybridized carbons (Fsp3) is 0.250. The molecule has 0 heterocycles. The van der Waals surface area contributed by atoms with Crippen molar-refractivity contribution in [3.8, 4) is 0 Å². The van der Waals surface area contributed by atoms with Gasteiger partial charge in [0.25, 0.3) is 0 Å². The molecule has 0 bridgehead atoms. The van der Waals surface area contributed by atoms with E-state index in [9.17, 15) is 8.78 Å². The summed E-state index contributed by atoms with van der Waals surface area (Å²) in [5.41, 5.74) is 1.50. The highest BCUT2D eigenvalue weighted by atomic mass is 32.2.